The number of hydrogen-bond donors (Lipinski definition) is 0. The van der Waals surface area contributed by atoms with Gasteiger partial charge in [0.2, 0.25) is 0 Å². The Morgan fingerprint density at radius 3 is 1.27 bits per heavy atom. The van der Waals surface area contributed by atoms with Crippen molar-refractivity contribution in [2.45, 2.75) is 12.3 Å². The first-order valence-electron chi connectivity index (χ1n) is 14.6. The van der Waals surface area contributed by atoms with Crippen LogP contribution in [-0.4, -0.2) is 35.8 Å². The third-order valence-electron chi connectivity index (χ3n) is 8.40. The number of benzene rings is 5. The minimum Gasteiger partial charge on any atom is -0.423 e. The molecule has 5 aromatic carbocycles. The quantitative estimate of drug-likeness (QED) is 0.0889. The highest BCUT2D eigenvalue weighted by Crippen LogP contribution is 2.40. The van der Waals surface area contributed by atoms with Gasteiger partial charge in [-0.15, -0.1) is 0 Å². The summed E-state index contributed by atoms with van der Waals surface area (Å²) < 4.78 is 20.3. The summed E-state index contributed by atoms with van der Waals surface area (Å²) in [7, 11) is 0. The summed E-state index contributed by atoms with van der Waals surface area (Å²) in [6, 6.07) is 31.8. The Kier molecular flexibility index (Phi) is 7.25. The Morgan fingerprint density at radius 2 is 0.854 bits per heavy atom. The molecule has 0 aliphatic carbocycles. The molecule has 48 heavy (non-hydrogen) atoms. The maximum absolute atomic E-state index is 12.9. The molecule has 0 saturated carbocycles. The van der Waals surface area contributed by atoms with E-state index >= 15 is 0 Å². The molecule has 2 aliphatic heterocycles. The summed E-state index contributed by atoms with van der Waals surface area (Å²) in [5.74, 6) is -4.02. The van der Waals surface area contributed by atoms with Gasteiger partial charge < -0.3 is 18.9 Å². The minimum absolute atomic E-state index is 0.0109. The van der Waals surface area contributed by atoms with Crippen molar-refractivity contribution < 1.29 is 47.7 Å². The van der Waals surface area contributed by atoms with Crippen LogP contribution < -0.4 is 9.47 Å². The van der Waals surface area contributed by atoms with Crippen LogP contribution >= 0.6 is 0 Å². The van der Waals surface area contributed by atoms with E-state index in [1.165, 1.54) is 36.4 Å². The molecule has 10 heteroatoms. The van der Waals surface area contributed by atoms with Crippen molar-refractivity contribution in [1.82, 2.24) is 0 Å². The first-order chi connectivity index (χ1) is 23.1. The molecule has 234 valence electrons. The highest BCUT2D eigenvalue weighted by molar-refractivity contribution is 6.16. The van der Waals surface area contributed by atoms with Crippen LogP contribution in [0.5, 0.6) is 11.5 Å². The molecule has 7 rings (SSSR count). The molecule has 2 heterocycles. The molecule has 0 amide bonds. The number of hydrogen-bond acceptors (Lipinski definition) is 10. The summed E-state index contributed by atoms with van der Waals surface area (Å²) in [5.41, 5.74) is 2.42. The molecule has 5 aromatic rings. The Hall–Kier alpha value is -6.68. The van der Waals surface area contributed by atoms with Crippen LogP contribution in [0.15, 0.2) is 115 Å². The monoisotopic (exact) mass is 638 g/mol. The van der Waals surface area contributed by atoms with Crippen molar-refractivity contribution in [3.05, 3.63) is 165 Å². The Balaban J connectivity index is 1.12. The van der Waals surface area contributed by atoms with Crippen LogP contribution in [0.25, 0.3) is 0 Å². The molecular formula is C38H22O10. The molecule has 0 atom stereocenters. The lowest BCUT2D eigenvalue weighted by molar-refractivity contribution is 0.0425. The number of fused-ring (bicyclic) bond motifs is 2. The van der Waals surface area contributed by atoms with E-state index in [4.69, 9.17) is 9.47 Å². The maximum atomic E-state index is 12.9. The fourth-order valence-corrected chi connectivity index (χ4v) is 5.74. The van der Waals surface area contributed by atoms with Gasteiger partial charge in [-0.05, 0) is 84.3 Å². The molecular weight excluding hydrogens is 616 g/mol. The van der Waals surface area contributed by atoms with Crippen LogP contribution in [0.3, 0.4) is 0 Å². The van der Waals surface area contributed by atoms with Gasteiger partial charge >= 0.3 is 35.8 Å². The summed E-state index contributed by atoms with van der Waals surface area (Å²) in [6.07, 6.45) is 0. The number of carbonyl (C=O) groups is 6. The average Bonchev–Trinajstić information content (AvgIpc) is 3.56. The van der Waals surface area contributed by atoms with E-state index in [0.29, 0.717) is 0 Å². The molecule has 0 unspecified atom stereocenters. The average molecular weight is 639 g/mol. The number of ether oxygens (including phenoxy) is 4. The molecule has 0 N–H and O–H groups in total. The first-order valence-corrected chi connectivity index (χ1v) is 14.6. The molecule has 0 fully saturated rings. The van der Waals surface area contributed by atoms with Crippen LogP contribution in [0.2, 0.25) is 0 Å². The lowest BCUT2D eigenvalue weighted by atomic mass is 9.71. The van der Waals surface area contributed by atoms with Gasteiger partial charge in [0.1, 0.15) is 11.5 Å². The first kappa shape index (κ1) is 30.0. The van der Waals surface area contributed by atoms with Crippen LogP contribution in [-0.2, 0) is 14.9 Å². The number of carbonyl (C=O) groups excluding carboxylic acids is 6. The zero-order valence-electron chi connectivity index (χ0n) is 25.1. The van der Waals surface area contributed by atoms with Gasteiger partial charge in [0.05, 0.1) is 33.4 Å². The van der Waals surface area contributed by atoms with Crippen molar-refractivity contribution in [2.24, 2.45) is 0 Å². The molecule has 0 radical (unpaired) electrons. The highest BCUT2D eigenvalue weighted by atomic mass is 16.6. The number of esters is 6. The van der Waals surface area contributed by atoms with E-state index in [9.17, 15) is 28.8 Å². The van der Waals surface area contributed by atoms with Gasteiger partial charge in [-0.3, -0.25) is 0 Å². The fraction of sp³-hybridized carbons (Fsp3) is 0.0526. The SMILES string of the molecule is CC(c1ccccc1)(c1ccc(OC(=O)c2ccc3c(c2)C(=O)OC3=O)cc1)c1ccc(OC(=O)c2ccc3c(c2)C(=O)OC3=O)cc1. The molecule has 2 aliphatic rings. The van der Waals surface area contributed by atoms with E-state index in [1.807, 2.05) is 61.5 Å². The second-order valence-electron chi connectivity index (χ2n) is 11.2. The van der Waals surface area contributed by atoms with Gasteiger partial charge in [-0.1, -0.05) is 54.6 Å². The van der Waals surface area contributed by atoms with Gasteiger partial charge in [-0.2, -0.15) is 0 Å². The maximum Gasteiger partial charge on any atom is 0.346 e. The van der Waals surface area contributed by atoms with Crippen LogP contribution in [0, 0.1) is 0 Å². The Bertz CT molecular complexity index is 2050. The van der Waals surface area contributed by atoms with E-state index in [1.54, 1.807) is 24.3 Å². The van der Waals surface area contributed by atoms with E-state index in [-0.39, 0.29) is 44.9 Å². The molecule has 10 nitrogen and oxygen atoms in total. The van der Waals surface area contributed by atoms with Crippen molar-refractivity contribution in [3.63, 3.8) is 0 Å². The third kappa shape index (κ3) is 5.21. The molecule has 0 spiro atoms. The van der Waals surface area contributed by atoms with Gasteiger partial charge in [-0.25, -0.2) is 28.8 Å². The normalized spacial score (nSPS) is 13.4. The number of rotatable bonds is 7. The molecule has 0 bridgehead atoms. The highest BCUT2D eigenvalue weighted by Gasteiger charge is 2.33. The lowest BCUT2D eigenvalue weighted by Crippen LogP contribution is -2.25. The minimum atomic E-state index is -0.813. The van der Waals surface area contributed by atoms with E-state index in [2.05, 4.69) is 9.47 Å². The zero-order valence-corrected chi connectivity index (χ0v) is 25.1. The third-order valence-corrected chi connectivity index (χ3v) is 8.40. The zero-order chi connectivity index (χ0) is 33.6. The summed E-state index contributed by atoms with van der Waals surface area (Å²) in [5, 5.41) is 0. The predicted octanol–water partition coefficient (Wildman–Crippen LogP) is 6.10. The number of cyclic esters (lactones) is 4. The second kappa shape index (κ2) is 11.6. The van der Waals surface area contributed by atoms with Crippen molar-refractivity contribution in [3.8, 4) is 11.5 Å². The largest absolute Gasteiger partial charge is 0.423 e. The van der Waals surface area contributed by atoms with Crippen LogP contribution in [0.4, 0.5) is 0 Å². The van der Waals surface area contributed by atoms with E-state index in [0.717, 1.165) is 16.7 Å². The summed E-state index contributed by atoms with van der Waals surface area (Å²) >= 11 is 0. The Morgan fingerprint density at radius 1 is 0.479 bits per heavy atom. The fourth-order valence-electron chi connectivity index (χ4n) is 5.74. The second-order valence-corrected chi connectivity index (χ2v) is 11.2. The van der Waals surface area contributed by atoms with Gasteiger partial charge in [0.15, 0.2) is 0 Å². The van der Waals surface area contributed by atoms with Crippen LogP contribution in [0.1, 0.15) is 85.8 Å². The topological polar surface area (TPSA) is 139 Å². The van der Waals surface area contributed by atoms with Crippen molar-refractivity contribution in [2.75, 3.05) is 0 Å². The smallest absolute Gasteiger partial charge is 0.346 e. The summed E-state index contributed by atoms with van der Waals surface area (Å²) in [4.78, 5) is 73.0. The van der Waals surface area contributed by atoms with Crippen molar-refractivity contribution >= 4 is 35.8 Å². The standard InChI is InChI=1S/C38H22O10/c1-38(23-5-3-2-4-6-23,24-9-13-26(14-10-24)45-32(39)21-7-17-28-30(19-21)36(43)47-34(28)41)25-11-15-27(16-12-25)46-33(40)22-8-18-29-31(20-22)37(44)48-35(29)42/h2-20H,1H3. The van der Waals surface area contributed by atoms with Gasteiger partial charge in [0, 0.05) is 5.41 Å². The van der Waals surface area contributed by atoms with Crippen molar-refractivity contribution in [1.29, 1.82) is 0 Å². The summed E-state index contributed by atoms with van der Waals surface area (Å²) in [6.45, 7) is 2.04. The predicted molar refractivity (Wildman–Crippen MR) is 167 cm³/mol. The molecule has 0 aromatic heterocycles. The lowest BCUT2D eigenvalue weighted by Gasteiger charge is -2.32. The Labute approximate surface area is 272 Å². The van der Waals surface area contributed by atoms with Gasteiger partial charge in [0.25, 0.3) is 0 Å². The molecule has 0 saturated heterocycles. The van der Waals surface area contributed by atoms with E-state index < -0.39 is 41.2 Å².